The first kappa shape index (κ1) is 27.4. The molecule has 36 heavy (non-hydrogen) atoms. The number of para-hydroxylation sites is 1. The van der Waals surface area contributed by atoms with E-state index in [0.717, 1.165) is 11.8 Å². The van der Waals surface area contributed by atoms with Crippen LogP contribution in [0.1, 0.15) is 50.6 Å². The number of Topliss-reactive ketones (excluding diaryl/α,β-unsaturated/α-hetero) is 2. The van der Waals surface area contributed by atoms with Gasteiger partial charge in [-0.1, -0.05) is 35.9 Å². The van der Waals surface area contributed by atoms with Crippen molar-refractivity contribution in [1.29, 1.82) is 0 Å². The number of ketones is 3. The first-order valence-electron chi connectivity index (χ1n) is 11.5. The van der Waals surface area contributed by atoms with Crippen LogP contribution in [0.15, 0.2) is 47.8 Å². The highest BCUT2D eigenvalue weighted by atomic mass is 32.2. The van der Waals surface area contributed by atoms with Gasteiger partial charge in [-0.25, -0.2) is 13.4 Å². The summed E-state index contributed by atoms with van der Waals surface area (Å²) >= 11 is 1.31. The van der Waals surface area contributed by atoms with E-state index in [1.807, 2.05) is 19.1 Å². The van der Waals surface area contributed by atoms with Gasteiger partial charge in [0.2, 0.25) is 0 Å². The first-order valence-corrected chi connectivity index (χ1v) is 14.4. The summed E-state index contributed by atoms with van der Waals surface area (Å²) in [6.07, 6.45) is 1.91. The molecule has 3 rings (SSSR count). The van der Waals surface area contributed by atoms with Crippen LogP contribution in [-0.4, -0.2) is 49.9 Å². The summed E-state index contributed by atoms with van der Waals surface area (Å²) in [7, 11) is -1.58. The monoisotopic (exact) mass is 527 g/mol. The number of benzene rings is 2. The van der Waals surface area contributed by atoms with Crippen LogP contribution in [0.5, 0.6) is 5.75 Å². The van der Waals surface area contributed by atoms with Gasteiger partial charge in [-0.3, -0.25) is 14.4 Å². The molecular formula is C27H29NO6S2. The van der Waals surface area contributed by atoms with Crippen molar-refractivity contribution in [2.24, 2.45) is 0 Å². The molecule has 1 aromatic heterocycles. The third-order valence-corrected chi connectivity index (χ3v) is 7.47. The zero-order chi connectivity index (χ0) is 26.3. The molecule has 0 atom stereocenters. The van der Waals surface area contributed by atoms with Crippen molar-refractivity contribution in [3.63, 3.8) is 0 Å². The Morgan fingerprint density at radius 1 is 0.972 bits per heavy atom. The Morgan fingerprint density at radius 3 is 2.44 bits per heavy atom. The van der Waals surface area contributed by atoms with Gasteiger partial charge in [-0.15, -0.1) is 11.3 Å². The van der Waals surface area contributed by atoms with E-state index in [-0.39, 0.29) is 48.8 Å². The summed E-state index contributed by atoms with van der Waals surface area (Å²) in [5.74, 6) is 0.0784. The van der Waals surface area contributed by atoms with Crippen molar-refractivity contribution >= 4 is 38.5 Å². The molecule has 2 aromatic carbocycles. The second-order valence-electron chi connectivity index (χ2n) is 8.76. The lowest BCUT2D eigenvalue weighted by Crippen LogP contribution is -2.13. The Labute approximate surface area is 215 Å². The average Bonchev–Trinajstić information content (AvgIpc) is 3.24. The Morgan fingerprint density at radius 2 is 1.72 bits per heavy atom. The van der Waals surface area contributed by atoms with E-state index < -0.39 is 9.84 Å². The van der Waals surface area contributed by atoms with Crippen LogP contribution in [0.4, 0.5) is 0 Å². The minimum atomic E-state index is -3.09. The zero-order valence-electron chi connectivity index (χ0n) is 20.6. The molecular weight excluding hydrogens is 498 g/mol. The molecule has 3 aromatic rings. The molecule has 0 N–H and O–H groups in total. The van der Waals surface area contributed by atoms with Crippen molar-refractivity contribution < 1.29 is 27.5 Å². The van der Waals surface area contributed by atoms with Crippen LogP contribution in [-0.2, 0) is 38.7 Å². The largest absolute Gasteiger partial charge is 0.496 e. The number of carbonyl (C=O) groups is 3. The number of hydrogen-bond acceptors (Lipinski definition) is 8. The maximum atomic E-state index is 13.3. The van der Waals surface area contributed by atoms with Crippen LogP contribution in [0.3, 0.4) is 0 Å². The van der Waals surface area contributed by atoms with Crippen molar-refractivity contribution in [2.75, 3.05) is 19.1 Å². The number of sulfone groups is 1. The number of rotatable bonds is 13. The fourth-order valence-electron chi connectivity index (χ4n) is 3.84. The van der Waals surface area contributed by atoms with Gasteiger partial charge in [-0.05, 0) is 31.0 Å². The number of thiazole rings is 1. The lowest BCUT2D eigenvalue weighted by molar-refractivity contribution is -0.118. The predicted octanol–water partition coefficient (Wildman–Crippen LogP) is 3.98. The lowest BCUT2D eigenvalue weighted by atomic mass is 9.93. The molecule has 0 aliphatic carbocycles. The van der Waals surface area contributed by atoms with Gasteiger partial charge in [0.25, 0.3) is 0 Å². The van der Waals surface area contributed by atoms with Gasteiger partial charge in [0, 0.05) is 36.5 Å². The number of hydrogen-bond donors (Lipinski definition) is 0. The van der Waals surface area contributed by atoms with Gasteiger partial charge in [0.15, 0.2) is 5.78 Å². The van der Waals surface area contributed by atoms with Crippen molar-refractivity contribution in [2.45, 2.75) is 39.0 Å². The van der Waals surface area contributed by atoms with Crippen LogP contribution >= 0.6 is 11.3 Å². The summed E-state index contributed by atoms with van der Waals surface area (Å²) < 4.78 is 27.7. The topological polar surface area (TPSA) is 107 Å². The quantitative estimate of drug-likeness (QED) is 0.309. The first-order chi connectivity index (χ1) is 17.1. The molecule has 0 aliphatic heterocycles. The van der Waals surface area contributed by atoms with Crippen molar-refractivity contribution in [3.8, 4) is 5.75 Å². The smallest absolute Gasteiger partial charge is 0.197 e. The normalized spacial score (nSPS) is 11.3. The van der Waals surface area contributed by atoms with E-state index >= 15 is 0 Å². The molecule has 0 fully saturated rings. The van der Waals surface area contributed by atoms with E-state index in [1.54, 1.807) is 35.7 Å². The van der Waals surface area contributed by atoms with Crippen LogP contribution in [0.2, 0.25) is 0 Å². The van der Waals surface area contributed by atoms with Gasteiger partial charge in [0.1, 0.15) is 32.2 Å². The number of nitrogens with zero attached hydrogens (tertiary/aromatic N) is 1. The highest BCUT2D eigenvalue weighted by molar-refractivity contribution is 7.90. The molecule has 190 valence electrons. The number of carbonyl (C=O) groups excluding carboxylic acids is 3. The fourth-order valence-corrected chi connectivity index (χ4v) is 5.34. The Balaban J connectivity index is 1.66. The maximum Gasteiger partial charge on any atom is 0.197 e. The zero-order valence-corrected chi connectivity index (χ0v) is 22.2. The lowest BCUT2D eigenvalue weighted by Gasteiger charge is -2.12. The molecule has 0 spiro atoms. The summed E-state index contributed by atoms with van der Waals surface area (Å²) in [6.45, 7) is 1.91. The second-order valence-corrected chi connectivity index (χ2v) is 12.0. The Bertz CT molecular complexity index is 1370. The summed E-state index contributed by atoms with van der Waals surface area (Å²) in [5, 5.41) is 2.35. The van der Waals surface area contributed by atoms with Crippen LogP contribution < -0.4 is 4.74 Å². The third kappa shape index (κ3) is 7.93. The summed E-state index contributed by atoms with van der Waals surface area (Å²) in [5.41, 5.74) is 3.06. The van der Waals surface area contributed by atoms with Crippen molar-refractivity contribution in [1.82, 2.24) is 4.98 Å². The minimum Gasteiger partial charge on any atom is -0.496 e. The molecule has 0 amide bonds. The number of ether oxygens (including phenoxy) is 1. The van der Waals surface area contributed by atoms with E-state index in [2.05, 4.69) is 4.98 Å². The summed E-state index contributed by atoms with van der Waals surface area (Å²) in [6, 6.07) is 12.4. The van der Waals surface area contributed by atoms with Crippen LogP contribution in [0, 0.1) is 6.92 Å². The number of methoxy groups -OCH3 is 1. The van der Waals surface area contributed by atoms with E-state index in [1.165, 1.54) is 18.4 Å². The highest BCUT2D eigenvalue weighted by Gasteiger charge is 2.20. The van der Waals surface area contributed by atoms with Gasteiger partial charge in [0.05, 0.1) is 30.5 Å². The molecule has 7 nitrogen and oxygen atoms in total. The van der Waals surface area contributed by atoms with Gasteiger partial charge in [-0.2, -0.15) is 0 Å². The molecule has 0 bridgehead atoms. The Kier molecular flexibility index (Phi) is 9.28. The van der Waals surface area contributed by atoms with E-state index in [0.29, 0.717) is 39.6 Å². The highest BCUT2D eigenvalue weighted by Crippen LogP contribution is 2.24. The van der Waals surface area contributed by atoms with Crippen LogP contribution in [0.25, 0.3) is 0 Å². The number of aromatic nitrogens is 1. The summed E-state index contributed by atoms with van der Waals surface area (Å²) in [4.78, 5) is 42.7. The Hall–Kier alpha value is -3.17. The standard InChI is InChI=1S/C27H29NO6S2/c1-18-10-11-23(27(31)24-8-4-5-9-25(24)34-2)19(13-18)14-22(30)16-26-28-20(17-35-26)15-21(29)7-6-12-36(3,32)33/h4-5,8-11,13,17H,6-7,12,14-16H2,1-3H3. The molecule has 0 radical (unpaired) electrons. The van der Waals surface area contributed by atoms with E-state index in [4.69, 9.17) is 4.74 Å². The maximum absolute atomic E-state index is 13.3. The fraction of sp³-hybridized carbons (Fsp3) is 0.333. The average molecular weight is 528 g/mol. The number of aryl methyl sites for hydroxylation is 1. The predicted molar refractivity (Wildman–Crippen MR) is 140 cm³/mol. The van der Waals surface area contributed by atoms with Gasteiger partial charge >= 0.3 is 0 Å². The molecule has 1 heterocycles. The minimum absolute atomic E-state index is 0.0178. The SMILES string of the molecule is COc1ccccc1C(=O)c1ccc(C)cc1CC(=O)Cc1nc(CC(=O)CCCS(C)(=O)=O)cs1. The molecule has 9 heteroatoms. The van der Waals surface area contributed by atoms with Crippen molar-refractivity contribution in [3.05, 3.63) is 80.8 Å². The molecule has 0 saturated heterocycles. The third-order valence-electron chi connectivity index (χ3n) is 5.54. The van der Waals surface area contributed by atoms with E-state index in [9.17, 15) is 22.8 Å². The molecule has 0 aliphatic rings. The molecule has 0 saturated carbocycles. The van der Waals surface area contributed by atoms with Gasteiger partial charge < -0.3 is 4.74 Å². The molecule has 0 unspecified atom stereocenters. The second kappa shape index (κ2) is 12.2.